The molecule has 0 bridgehead atoms. The van der Waals surface area contributed by atoms with Crippen LogP contribution in [0.15, 0.2) is 24.3 Å². The summed E-state index contributed by atoms with van der Waals surface area (Å²) in [6.07, 6.45) is 4.14. The topological polar surface area (TPSA) is 54.6 Å². The second-order valence-corrected chi connectivity index (χ2v) is 8.58. The maximum absolute atomic E-state index is 12.3. The number of H-pyrrole nitrogens is 1. The van der Waals surface area contributed by atoms with Gasteiger partial charge in [-0.05, 0) is 61.3 Å². The van der Waals surface area contributed by atoms with Crippen molar-refractivity contribution in [2.24, 2.45) is 11.8 Å². The van der Waals surface area contributed by atoms with Crippen molar-refractivity contribution in [2.45, 2.75) is 45.6 Å². The van der Waals surface area contributed by atoms with Crippen LogP contribution >= 0.6 is 0 Å². The Morgan fingerprint density at radius 3 is 2.83 bits per heavy atom. The van der Waals surface area contributed by atoms with Crippen molar-refractivity contribution >= 4 is 16.9 Å². The summed E-state index contributed by atoms with van der Waals surface area (Å²) in [6, 6.07) is 4.59. The Morgan fingerprint density at radius 2 is 2.14 bits per heavy atom. The Labute approximate surface area is 173 Å². The number of nitrogens with one attached hydrogen (secondary N) is 1. The van der Waals surface area contributed by atoms with E-state index in [2.05, 4.69) is 42.4 Å². The summed E-state index contributed by atoms with van der Waals surface area (Å²) < 4.78 is 10.7. The summed E-state index contributed by atoms with van der Waals surface area (Å²) in [4.78, 5) is 18.6. The van der Waals surface area contributed by atoms with Crippen molar-refractivity contribution in [1.29, 1.82) is 0 Å². The molecule has 1 saturated heterocycles. The average Bonchev–Trinajstić information content (AvgIpc) is 3.10. The zero-order valence-electron chi connectivity index (χ0n) is 18.0. The first-order chi connectivity index (χ1) is 14.0. The zero-order valence-corrected chi connectivity index (χ0v) is 18.0. The van der Waals surface area contributed by atoms with E-state index < -0.39 is 0 Å². The lowest BCUT2D eigenvalue weighted by Gasteiger charge is -2.46. The molecule has 0 saturated carbocycles. The molecule has 3 atom stereocenters. The van der Waals surface area contributed by atoms with Crippen LogP contribution in [0.2, 0.25) is 0 Å². The number of rotatable bonds is 5. The molecule has 0 radical (unpaired) electrons. The van der Waals surface area contributed by atoms with E-state index in [1.54, 1.807) is 7.11 Å². The predicted octanol–water partition coefficient (Wildman–Crippen LogP) is 4.55. The van der Waals surface area contributed by atoms with Crippen molar-refractivity contribution < 1.29 is 14.3 Å². The highest BCUT2D eigenvalue weighted by atomic mass is 16.5. The van der Waals surface area contributed by atoms with E-state index in [0.29, 0.717) is 11.5 Å². The van der Waals surface area contributed by atoms with Gasteiger partial charge < -0.3 is 14.5 Å². The summed E-state index contributed by atoms with van der Waals surface area (Å²) in [5.74, 6) is 1.28. The molecule has 2 aliphatic rings. The van der Waals surface area contributed by atoms with Crippen LogP contribution < -0.4 is 4.74 Å². The second-order valence-electron chi connectivity index (χ2n) is 8.58. The molecule has 29 heavy (non-hydrogen) atoms. The Kier molecular flexibility index (Phi) is 5.43. The normalized spacial score (nSPS) is 24.1. The van der Waals surface area contributed by atoms with Crippen LogP contribution in [0.3, 0.4) is 0 Å². The molecule has 0 aliphatic carbocycles. The maximum atomic E-state index is 12.3. The molecule has 3 heterocycles. The summed E-state index contributed by atoms with van der Waals surface area (Å²) >= 11 is 0. The fraction of sp³-hybridized carbons (Fsp3) is 0.542. The second kappa shape index (κ2) is 7.86. The fourth-order valence-electron chi connectivity index (χ4n) is 5.54. The molecule has 5 nitrogen and oxygen atoms in total. The van der Waals surface area contributed by atoms with Crippen LogP contribution in [0.5, 0.6) is 5.75 Å². The molecule has 0 unspecified atom stereocenters. The van der Waals surface area contributed by atoms with Gasteiger partial charge in [-0.25, -0.2) is 4.79 Å². The number of hydrogen-bond acceptors (Lipinski definition) is 4. The predicted molar refractivity (Wildman–Crippen MR) is 115 cm³/mol. The average molecular weight is 397 g/mol. The maximum Gasteiger partial charge on any atom is 0.333 e. The van der Waals surface area contributed by atoms with Gasteiger partial charge in [-0.2, -0.15) is 0 Å². The summed E-state index contributed by atoms with van der Waals surface area (Å²) in [6.45, 7) is 10.5. The molecule has 1 aromatic carbocycles. The van der Waals surface area contributed by atoms with Crippen LogP contribution in [-0.2, 0) is 16.0 Å². The van der Waals surface area contributed by atoms with Crippen LogP contribution in [0.4, 0.5) is 0 Å². The number of benzene rings is 1. The molecule has 2 aromatic rings. The highest BCUT2D eigenvalue weighted by molar-refractivity contribution is 5.92. The molecule has 2 aliphatic heterocycles. The minimum absolute atomic E-state index is 0.157. The lowest BCUT2D eigenvalue weighted by atomic mass is 9.73. The van der Waals surface area contributed by atoms with Crippen LogP contribution in [0, 0.1) is 18.8 Å². The highest BCUT2D eigenvalue weighted by Crippen LogP contribution is 2.47. The minimum Gasteiger partial charge on any atom is -0.496 e. The largest absolute Gasteiger partial charge is 0.496 e. The number of aromatic amines is 1. The van der Waals surface area contributed by atoms with Crippen LogP contribution in [0.25, 0.3) is 10.9 Å². The number of fused-ring (bicyclic) bond motifs is 5. The van der Waals surface area contributed by atoms with Gasteiger partial charge in [0.05, 0.1) is 20.3 Å². The van der Waals surface area contributed by atoms with Gasteiger partial charge in [0, 0.05) is 35.3 Å². The molecule has 0 amide bonds. The highest BCUT2D eigenvalue weighted by Gasteiger charge is 2.42. The number of nitrogens with zero attached hydrogens (tertiary/aromatic N) is 1. The van der Waals surface area contributed by atoms with E-state index in [9.17, 15) is 4.79 Å². The summed E-state index contributed by atoms with van der Waals surface area (Å²) in [5, 5.41) is 1.21. The van der Waals surface area contributed by atoms with Crippen molar-refractivity contribution in [3.05, 3.63) is 41.1 Å². The third-order valence-corrected chi connectivity index (χ3v) is 6.86. The third-order valence-electron chi connectivity index (χ3n) is 6.86. The molecule has 156 valence electrons. The number of esters is 1. The third kappa shape index (κ3) is 3.35. The Morgan fingerprint density at radius 1 is 1.34 bits per heavy atom. The molecule has 5 heteroatoms. The number of ether oxygens (including phenoxy) is 2. The monoisotopic (exact) mass is 396 g/mol. The number of carbonyl (C=O) groups excluding carboxylic acids is 1. The first-order valence-corrected chi connectivity index (χ1v) is 10.7. The molecule has 0 spiro atoms. The van der Waals surface area contributed by atoms with Crippen molar-refractivity contribution in [3.8, 4) is 5.75 Å². The number of carbonyl (C=O) groups is 1. The molecular weight excluding hydrogens is 364 g/mol. The number of methoxy groups -OCH3 is 2. The Hall–Kier alpha value is -2.27. The first-order valence-electron chi connectivity index (χ1n) is 10.7. The smallest absolute Gasteiger partial charge is 0.333 e. The van der Waals surface area contributed by atoms with E-state index in [1.807, 2.05) is 0 Å². The van der Waals surface area contributed by atoms with Gasteiger partial charge >= 0.3 is 5.97 Å². The van der Waals surface area contributed by atoms with Gasteiger partial charge in [-0.3, -0.25) is 4.90 Å². The van der Waals surface area contributed by atoms with E-state index >= 15 is 0 Å². The fourth-order valence-corrected chi connectivity index (χ4v) is 5.54. The van der Waals surface area contributed by atoms with E-state index in [4.69, 9.17) is 9.47 Å². The SMILES string of the molecule is C=C(C(=O)OC)[C@H]1C[C@H]2c3[nH]c4cc(C)cc(OC)c4c3CCN2C[C@H]1CCC. The van der Waals surface area contributed by atoms with Crippen molar-refractivity contribution in [2.75, 3.05) is 27.3 Å². The number of aryl methyl sites for hydroxylation is 1. The van der Waals surface area contributed by atoms with Gasteiger partial charge in [0.25, 0.3) is 0 Å². The van der Waals surface area contributed by atoms with Crippen molar-refractivity contribution in [3.63, 3.8) is 0 Å². The molecular formula is C24H32N2O3. The van der Waals surface area contributed by atoms with E-state index in [0.717, 1.165) is 50.0 Å². The van der Waals surface area contributed by atoms with Gasteiger partial charge in [-0.1, -0.05) is 19.9 Å². The number of hydrogen-bond donors (Lipinski definition) is 1. The molecule has 1 aromatic heterocycles. The standard InChI is InChI=1S/C24H32N2O3/c1-6-7-16-13-26-9-8-17-22-19(10-14(2)11-21(22)28-4)25-23(17)20(26)12-18(16)15(3)24(27)29-5/h10-11,16,18,20,25H,3,6-9,12-13H2,1-2,4-5H3/t16-,18-,20+/m1/s1. The number of aromatic nitrogens is 1. The van der Waals surface area contributed by atoms with Gasteiger partial charge in [0.2, 0.25) is 0 Å². The van der Waals surface area contributed by atoms with E-state index in [-0.39, 0.29) is 17.9 Å². The lowest BCUT2D eigenvalue weighted by Crippen LogP contribution is -2.47. The lowest BCUT2D eigenvalue weighted by molar-refractivity contribution is -0.137. The Bertz CT molecular complexity index is 945. The molecule has 4 rings (SSSR count). The molecule has 1 N–H and O–H groups in total. The van der Waals surface area contributed by atoms with Gasteiger partial charge in [-0.15, -0.1) is 0 Å². The van der Waals surface area contributed by atoms with E-state index in [1.165, 1.54) is 29.3 Å². The summed E-state index contributed by atoms with van der Waals surface area (Å²) in [5.41, 5.74) is 5.62. The van der Waals surface area contributed by atoms with Gasteiger partial charge in [0.1, 0.15) is 5.75 Å². The van der Waals surface area contributed by atoms with Gasteiger partial charge in [0.15, 0.2) is 0 Å². The van der Waals surface area contributed by atoms with Crippen molar-refractivity contribution in [1.82, 2.24) is 9.88 Å². The molecule has 1 fully saturated rings. The minimum atomic E-state index is -0.269. The quantitative estimate of drug-likeness (QED) is 0.595. The van der Waals surface area contributed by atoms with Crippen LogP contribution in [0.1, 0.15) is 49.0 Å². The Balaban J connectivity index is 1.75. The zero-order chi connectivity index (χ0) is 20.7. The number of piperidine rings is 1. The first kappa shape index (κ1) is 20.0. The summed E-state index contributed by atoms with van der Waals surface area (Å²) in [7, 11) is 3.19. The van der Waals surface area contributed by atoms with Crippen LogP contribution in [-0.4, -0.2) is 43.2 Å².